The van der Waals surface area contributed by atoms with Crippen LogP contribution in [0.2, 0.25) is 0 Å². The van der Waals surface area contributed by atoms with Crippen molar-refractivity contribution in [3.8, 4) is 5.75 Å². The first-order chi connectivity index (χ1) is 18.0. The molecule has 2 N–H and O–H groups in total. The Morgan fingerprint density at radius 1 is 1.00 bits per heavy atom. The molecule has 6 rings (SSSR count). The Hall–Kier alpha value is -3.66. The highest BCUT2D eigenvalue weighted by molar-refractivity contribution is 6.01. The SMILES string of the molecule is CCOc1ccc(N2CC(O)CN3C4C(=O)N(Cc5cccc6ccccc56)C(=O)N(C)C4NC23)cc1. The van der Waals surface area contributed by atoms with E-state index >= 15 is 0 Å². The van der Waals surface area contributed by atoms with Gasteiger partial charge in [-0.3, -0.25) is 19.9 Å². The molecule has 3 aromatic rings. The lowest BCUT2D eigenvalue weighted by atomic mass is 10.0. The molecule has 37 heavy (non-hydrogen) atoms. The Bertz CT molecular complexity index is 1330. The molecule has 0 aliphatic carbocycles. The van der Waals surface area contributed by atoms with E-state index in [1.54, 1.807) is 11.9 Å². The number of nitrogens with zero attached hydrogens (tertiary/aromatic N) is 4. The van der Waals surface area contributed by atoms with Gasteiger partial charge in [0.15, 0.2) is 0 Å². The first kappa shape index (κ1) is 23.7. The number of urea groups is 1. The van der Waals surface area contributed by atoms with E-state index in [1.165, 1.54) is 4.90 Å². The number of carbonyl (C=O) groups is 2. The molecule has 3 fully saturated rings. The van der Waals surface area contributed by atoms with E-state index in [0.29, 0.717) is 19.7 Å². The zero-order valence-electron chi connectivity index (χ0n) is 20.9. The zero-order valence-corrected chi connectivity index (χ0v) is 20.9. The van der Waals surface area contributed by atoms with Crippen LogP contribution in [0.1, 0.15) is 12.5 Å². The second kappa shape index (κ2) is 9.33. The largest absolute Gasteiger partial charge is 0.494 e. The summed E-state index contributed by atoms with van der Waals surface area (Å²) in [5.74, 6) is 0.523. The van der Waals surface area contributed by atoms with Gasteiger partial charge in [-0.15, -0.1) is 0 Å². The fourth-order valence-corrected chi connectivity index (χ4v) is 5.84. The van der Waals surface area contributed by atoms with Crippen LogP contribution in [0.3, 0.4) is 0 Å². The van der Waals surface area contributed by atoms with Crippen LogP contribution in [0.15, 0.2) is 66.7 Å². The van der Waals surface area contributed by atoms with Crippen LogP contribution in [0.25, 0.3) is 10.8 Å². The van der Waals surface area contributed by atoms with Crippen molar-refractivity contribution in [1.82, 2.24) is 20.0 Å². The van der Waals surface area contributed by atoms with E-state index in [-0.39, 0.29) is 24.8 Å². The third-order valence-corrected chi connectivity index (χ3v) is 7.57. The average molecular weight is 502 g/mol. The Balaban J connectivity index is 1.30. The van der Waals surface area contributed by atoms with Gasteiger partial charge in [-0.25, -0.2) is 4.79 Å². The van der Waals surface area contributed by atoms with Gasteiger partial charge in [0.25, 0.3) is 5.91 Å². The quantitative estimate of drug-likeness (QED) is 0.555. The highest BCUT2D eigenvalue weighted by Gasteiger charge is 2.57. The lowest BCUT2D eigenvalue weighted by molar-refractivity contribution is -0.139. The summed E-state index contributed by atoms with van der Waals surface area (Å²) in [4.78, 5) is 34.3. The summed E-state index contributed by atoms with van der Waals surface area (Å²) in [6, 6.07) is 20.7. The summed E-state index contributed by atoms with van der Waals surface area (Å²) >= 11 is 0. The maximum absolute atomic E-state index is 13.9. The van der Waals surface area contributed by atoms with Crippen LogP contribution in [-0.2, 0) is 11.3 Å². The van der Waals surface area contributed by atoms with E-state index in [2.05, 4.69) is 5.32 Å². The monoisotopic (exact) mass is 501 g/mol. The molecule has 9 nitrogen and oxygen atoms in total. The number of nitrogens with one attached hydrogen (secondary N) is 1. The average Bonchev–Trinajstić information content (AvgIpc) is 3.30. The van der Waals surface area contributed by atoms with Gasteiger partial charge in [0.1, 0.15) is 24.2 Å². The van der Waals surface area contributed by atoms with Gasteiger partial charge in [-0.2, -0.15) is 0 Å². The first-order valence-corrected chi connectivity index (χ1v) is 12.7. The summed E-state index contributed by atoms with van der Waals surface area (Å²) in [5, 5.41) is 16.4. The van der Waals surface area contributed by atoms with Crippen molar-refractivity contribution in [2.24, 2.45) is 0 Å². The second-order valence-corrected chi connectivity index (χ2v) is 9.82. The number of fused-ring (bicyclic) bond motifs is 4. The first-order valence-electron chi connectivity index (χ1n) is 12.7. The van der Waals surface area contributed by atoms with E-state index in [1.807, 2.05) is 83.5 Å². The van der Waals surface area contributed by atoms with Crippen LogP contribution in [0.4, 0.5) is 10.5 Å². The molecular weight excluding hydrogens is 470 g/mol. The number of aliphatic hydroxyl groups is 1. The molecule has 0 saturated carbocycles. The standard InChI is InChI=1S/C28H31N5O4/c1-3-37-22-13-11-20(12-14-22)31-16-21(34)17-32-24-25(29-27(31)32)30(2)28(36)33(26(24)35)15-19-9-6-8-18-7-4-5-10-23(18)19/h4-14,21,24-25,27,29,34H,3,15-17H2,1-2H3. The summed E-state index contributed by atoms with van der Waals surface area (Å²) in [5.41, 5.74) is 1.82. The molecule has 3 amide bonds. The summed E-state index contributed by atoms with van der Waals surface area (Å²) < 4.78 is 5.57. The number of imide groups is 1. The van der Waals surface area contributed by atoms with Crippen LogP contribution in [-0.4, -0.2) is 83.1 Å². The number of hydrogen-bond acceptors (Lipinski definition) is 7. The van der Waals surface area contributed by atoms with E-state index in [0.717, 1.165) is 27.8 Å². The molecule has 192 valence electrons. The number of hydrogen-bond donors (Lipinski definition) is 2. The molecule has 3 heterocycles. The fourth-order valence-electron chi connectivity index (χ4n) is 5.84. The summed E-state index contributed by atoms with van der Waals surface area (Å²) in [6.07, 6.45) is -1.48. The minimum absolute atomic E-state index is 0.191. The Morgan fingerprint density at radius 2 is 1.76 bits per heavy atom. The highest BCUT2D eigenvalue weighted by atomic mass is 16.5. The number of rotatable bonds is 5. The van der Waals surface area contributed by atoms with Crippen molar-refractivity contribution >= 4 is 28.4 Å². The second-order valence-electron chi connectivity index (χ2n) is 9.82. The van der Waals surface area contributed by atoms with Crippen molar-refractivity contribution in [3.05, 3.63) is 72.3 Å². The minimum Gasteiger partial charge on any atom is -0.494 e. The van der Waals surface area contributed by atoms with Gasteiger partial charge >= 0.3 is 6.03 Å². The molecular formula is C28H31N5O4. The van der Waals surface area contributed by atoms with Crippen LogP contribution < -0.4 is 15.0 Å². The molecule has 0 bridgehead atoms. The van der Waals surface area contributed by atoms with Crippen LogP contribution in [0.5, 0.6) is 5.75 Å². The van der Waals surface area contributed by atoms with Crippen LogP contribution >= 0.6 is 0 Å². The maximum atomic E-state index is 13.9. The lowest BCUT2D eigenvalue weighted by Crippen LogP contribution is -2.66. The lowest BCUT2D eigenvalue weighted by Gasteiger charge is -2.45. The predicted octanol–water partition coefficient (Wildman–Crippen LogP) is 2.40. The highest BCUT2D eigenvalue weighted by Crippen LogP contribution is 2.34. The third-order valence-electron chi connectivity index (χ3n) is 7.57. The number of ether oxygens (including phenoxy) is 1. The molecule has 9 heteroatoms. The Morgan fingerprint density at radius 3 is 2.54 bits per heavy atom. The molecule has 3 aliphatic heterocycles. The number of carbonyl (C=O) groups excluding carboxylic acids is 2. The zero-order chi connectivity index (χ0) is 25.7. The van der Waals surface area contributed by atoms with Gasteiger partial charge in [-0.05, 0) is 47.5 Å². The van der Waals surface area contributed by atoms with E-state index < -0.39 is 18.3 Å². The van der Waals surface area contributed by atoms with Gasteiger partial charge in [-0.1, -0.05) is 42.5 Å². The smallest absolute Gasteiger partial charge is 0.328 e. The topological polar surface area (TPSA) is 88.6 Å². The molecule has 0 aromatic heterocycles. The number of benzene rings is 3. The van der Waals surface area contributed by atoms with Gasteiger partial charge in [0.2, 0.25) is 0 Å². The van der Waals surface area contributed by atoms with E-state index in [9.17, 15) is 14.7 Å². The van der Waals surface area contributed by atoms with Crippen molar-refractivity contribution < 1.29 is 19.4 Å². The number of β-amino-alcohol motifs (C(OH)–C–C–N with tert-alkyl or cyclic N) is 1. The molecule has 3 aliphatic rings. The number of aliphatic hydroxyl groups excluding tert-OH is 1. The van der Waals surface area contributed by atoms with Crippen molar-refractivity contribution in [2.75, 3.05) is 31.6 Å². The summed E-state index contributed by atoms with van der Waals surface area (Å²) in [6.45, 7) is 3.46. The summed E-state index contributed by atoms with van der Waals surface area (Å²) in [7, 11) is 1.73. The molecule has 3 saturated heterocycles. The van der Waals surface area contributed by atoms with E-state index in [4.69, 9.17) is 4.74 Å². The number of amides is 3. The third kappa shape index (κ3) is 3.99. The van der Waals surface area contributed by atoms with Crippen molar-refractivity contribution in [3.63, 3.8) is 0 Å². The van der Waals surface area contributed by atoms with Crippen LogP contribution in [0, 0.1) is 0 Å². The Labute approximate surface area is 215 Å². The molecule has 4 unspecified atom stereocenters. The maximum Gasteiger partial charge on any atom is 0.328 e. The molecule has 0 radical (unpaired) electrons. The number of anilines is 1. The van der Waals surface area contributed by atoms with Crippen molar-refractivity contribution in [2.45, 2.75) is 38.1 Å². The fraction of sp³-hybridized carbons (Fsp3) is 0.357. The predicted molar refractivity (Wildman–Crippen MR) is 140 cm³/mol. The molecule has 3 aromatic carbocycles. The molecule has 4 atom stereocenters. The Kier molecular flexibility index (Phi) is 5.98. The van der Waals surface area contributed by atoms with Gasteiger partial charge in [0, 0.05) is 25.8 Å². The van der Waals surface area contributed by atoms with Crippen molar-refractivity contribution in [1.29, 1.82) is 0 Å². The minimum atomic E-state index is -0.648. The van der Waals surface area contributed by atoms with Gasteiger partial charge < -0.3 is 19.6 Å². The molecule has 0 spiro atoms. The van der Waals surface area contributed by atoms with Gasteiger partial charge in [0.05, 0.1) is 19.3 Å². The number of likely N-dealkylation sites (N-methyl/N-ethyl adjacent to an activating group) is 1. The normalized spacial score (nSPS) is 26.0.